The van der Waals surface area contributed by atoms with E-state index in [1.807, 2.05) is 0 Å². The summed E-state index contributed by atoms with van der Waals surface area (Å²) in [6, 6.07) is 1.90. The Bertz CT molecular complexity index is 418. The topological polar surface area (TPSA) is 34.6 Å². The summed E-state index contributed by atoms with van der Waals surface area (Å²) in [5.74, 6) is -0.0112. The van der Waals surface area contributed by atoms with E-state index in [1.54, 1.807) is 0 Å². The van der Waals surface area contributed by atoms with Gasteiger partial charge in [-0.15, -0.1) is 0 Å². The van der Waals surface area contributed by atoms with Gasteiger partial charge in [0.05, 0.1) is 13.3 Å². The molecule has 1 aliphatic rings. The summed E-state index contributed by atoms with van der Waals surface area (Å²) in [7, 11) is 1.40. The fourth-order valence-electron chi connectivity index (χ4n) is 2.32. The van der Waals surface area contributed by atoms with Crippen LogP contribution in [-0.2, 0) is 0 Å². The van der Waals surface area contributed by atoms with Crippen molar-refractivity contribution in [1.82, 2.24) is 9.88 Å². The van der Waals surface area contributed by atoms with Gasteiger partial charge in [-0.3, -0.25) is 0 Å². The summed E-state index contributed by atoms with van der Waals surface area (Å²) in [5, 5.41) is 0. The van der Waals surface area contributed by atoms with Crippen LogP contribution in [0.4, 0.5) is 4.39 Å². The second-order valence-corrected chi connectivity index (χ2v) is 5.11. The van der Waals surface area contributed by atoms with Gasteiger partial charge in [-0.1, -0.05) is 0 Å². The molecule has 0 aromatic carbocycles. The van der Waals surface area contributed by atoms with Gasteiger partial charge in [0.25, 0.3) is 0 Å². The zero-order valence-corrected chi connectivity index (χ0v) is 11.7. The lowest BCUT2D eigenvalue weighted by molar-refractivity contribution is 0.0837. The molecule has 1 aromatic rings. The maximum atomic E-state index is 13.5. The summed E-state index contributed by atoms with van der Waals surface area (Å²) in [6.07, 6.45) is 3.58. The van der Waals surface area contributed by atoms with Crippen molar-refractivity contribution in [3.05, 3.63) is 18.1 Å². The van der Waals surface area contributed by atoms with Crippen LogP contribution in [0.5, 0.6) is 11.6 Å². The predicted molar refractivity (Wildman–Crippen MR) is 71.1 cm³/mol. The fourth-order valence-corrected chi connectivity index (χ4v) is 2.32. The van der Waals surface area contributed by atoms with Gasteiger partial charge >= 0.3 is 0 Å². The molecule has 1 fully saturated rings. The third-order valence-corrected chi connectivity index (χ3v) is 3.49. The first kappa shape index (κ1) is 14.1. The largest absolute Gasteiger partial charge is 0.489 e. The number of hydrogen-bond acceptors (Lipinski definition) is 4. The molecule has 0 atom stereocenters. The van der Waals surface area contributed by atoms with Gasteiger partial charge in [-0.25, -0.2) is 9.37 Å². The molecule has 0 saturated carbocycles. The summed E-state index contributed by atoms with van der Waals surface area (Å²) in [4.78, 5) is 6.30. The second-order valence-electron chi connectivity index (χ2n) is 5.11. The zero-order valence-electron chi connectivity index (χ0n) is 11.7. The SMILES string of the molecule is COc1ncc(OC2CCN(C(C)C)CC2)cc1F. The van der Waals surface area contributed by atoms with Gasteiger partial charge in [0.15, 0.2) is 5.82 Å². The number of hydrogen-bond donors (Lipinski definition) is 0. The zero-order chi connectivity index (χ0) is 13.8. The highest BCUT2D eigenvalue weighted by Crippen LogP contribution is 2.23. The first-order valence-corrected chi connectivity index (χ1v) is 6.70. The quantitative estimate of drug-likeness (QED) is 0.840. The Morgan fingerprint density at radius 3 is 2.58 bits per heavy atom. The van der Waals surface area contributed by atoms with Crippen LogP contribution in [0.1, 0.15) is 26.7 Å². The number of piperidine rings is 1. The Morgan fingerprint density at radius 1 is 1.37 bits per heavy atom. The van der Waals surface area contributed by atoms with E-state index in [0.717, 1.165) is 25.9 Å². The smallest absolute Gasteiger partial charge is 0.250 e. The molecule has 2 heterocycles. The number of rotatable bonds is 4. The normalized spacial score (nSPS) is 17.7. The van der Waals surface area contributed by atoms with Gasteiger partial charge in [-0.05, 0) is 26.7 Å². The Hall–Kier alpha value is -1.36. The standard InChI is InChI=1S/C14H21FN2O2/c1-10(2)17-6-4-11(5-7-17)19-12-8-13(15)14(18-3)16-9-12/h8-11H,4-7H2,1-3H3. The number of halogens is 1. The van der Waals surface area contributed by atoms with Crippen molar-refractivity contribution in [2.75, 3.05) is 20.2 Å². The van der Waals surface area contributed by atoms with E-state index >= 15 is 0 Å². The van der Waals surface area contributed by atoms with Crippen LogP contribution in [0.3, 0.4) is 0 Å². The minimum atomic E-state index is -0.486. The molecule has 1 saturated heterocycles. The lowest BCUT2D eigenvalue weighted by Gasteiger charge is -2.34. The average Bonchev–Trinajstić information content (AvgIpc) is 2.39. The highest BCUT2D eigenvalue weighted by molar-refractivity contribution is 5.25. The molecule has 1 aromatic heterocycles. The number of methoxy groups -OCH3 is 1. The van der Waals surface area contributed by atoms with E-state index in [-0.39, 0.29) is 12.0 Å². The fraction of sp³-hybridized carbons (Fsp3) is 0.643. The highest BCUT2D eigenvalue weighted by atomic mass is 19.1. The summed E-state index contributed by atoms with van der Waals surface area (Å²) in [6.45, 7) is 6.44. The van der Waals surface area contributed by atoms with Crippen molar-refractivity contribution >= 4 is 0 Å². The molecule has 1 aliphatic heterocycles. The Kier molecular flexibility index (Phi) is 4.58. The number of ether oxygens (including phenoxy) is 2. The Morgan fingerprint density at radius 2 is 2.05 bits per heavy atom. The minimum Gasteiger partial charge on any atom is -0.489 e. The van der Waals surface area contributed by atoms with Crippen molar-refractivity contribution in [2.24, 2.45) is 0 Å². The molecule has 0 unspecified atom stereocenters. The number of pyridine rings is 1. The van der Waals surface area contributed by atoms with Gasteiger partial charge in [0.1, 0.15) is 11.9 Å². The molecular weight excluding hydrogens is 247 g/mol. The van der Waals surface area contributed by atoms with Crippen LogP contribution in [0.25, 0.3) is 0 Å². The molecule has 0 aliphatic carbocycles. The maximum absolute atomic E-state index is 13.5. The van der Waals surface area contributed by atoms with Crippen LogP contribution in [0.15, 0.2) is 12.3 Å². The Labute approximate surface area is 113 Å². The van der Waals surface area contributed by atoms with Crippen molar-refractivity contribution in [3.8, 4) is 11.6 Å². The lowest BCUT2D eigenvalue weighted by Crippen LogP contribution is -2.41. The highest BCUT2D eigenvalue weighted by Gasteiger charge is 2.22. The van der Waals surface area contributed by atoms with E-state index in [4.69, 9.17) is 9.47 Å². The van der Waals surface area contributed by atoms with Crippen molar-refractivity contribution in [3.63, 3.8) is 0 Å². The van der Waals surface area contributed by atoms with Crippen LogP contribution in [-0.4, -0.2) is 42.2 Å². The molecule has 2 rings (SSSR count). The molecule has 0 bridgehead atoms. The van der Waals surface area contributed by atoms with E-state index in [1.165, 1.54) is 19.4 Å². The predicted octanol–water partition coefficient (Wildman–Crippen LogP) is 2.48. The van der Waals surface area contributed by atoms with Crippen LogP contribution < -0.4 is 9.47 Å². The monoisotopic (exact) mass is 268 g/mol. The van der Waals surface area contributed by atoms with Gasteiger partial charge in [0, 0.05) is 25.2 Å². The van der Waals surface area contributed by atoms with Crippen molar-refractivity contribution in [1.29, 1.82) is 0 Å². The van der Waals surface area contributed by atoms with Crippen LogP contribution in [0, 0.1) is 5.82 Å². The molecule has 0 N–H and O–H groups in total. The van der Waals surface area contributed by atoms with Crippen molar-refractivity contribution in [2.45, 2.75) is 38.8 Å². The molecular formula is C14H21FN2O2. The number of likely N-dealkylation sites (tertiary alicyclic amines) is 1. The third-order valence-electron chi connectivity index (χ3n) is 3.49. The molecule has 0 amide bonds. The third kappa shape index (κ3) is 3.56. The van der Waals surface area contributed by atoms with Crippen LogP contribution >= 0.6 is 0 Å². The summed E-state index contributed by atoms with van der Waals surface area (Å²) < 4.78 is 24.1. The molecule has 0 spiro atoms. The second kappa shape index (κ2) is 6.19. The van der Waals surface area contributed by atoms with E-state index in [2.05, 4.69) is 23.7 Å². The van der Waals surface area contributed by atoms with Gasteiger partial charge < -0.3 is 14.4 Å². The maximum Gasteiger partial charge on any atom is 0.250 e. The van der Waals surface area contributed by atoms with E-state index in [0.29, 0.717) is 11.8 Å². The Balaban J connectivity index is 1.90. The average molecular weight is 268 g/mol. The molecule has 106 valence electrons. The first-order chi connectivity index (χ1) is 9.10. The molecule has 4 nitrogen and oxygen atoms in total. The number of aromatic nitrogens is 1. The lowest BCUT2D eigenvalue weighted by atomic mass is 10.1. The number of nitrogens with zero attached hydrogens (tertiary/aromatic N) is 2. The van der Waals surface area contributed by atoms with E-state index < -0.39 is 5.82 Å². The first-order valence-electron chi connectivity index (χ1n) is 6.70. The van der Waals surface area contributed by atoms with Crippen molar-refractivity contribution < 1.29 is 13.9 Å². The van der Waals surface area contributed by atoms with Crippen LogP contribution in [0.2, 0.25) is 0 Å². The van der Waals surface area contributed by atoms with Gasteiger partial charge in [0.2, 0.25) is 5.88 Å². The minimum absolute atomic E-state index is 0.00183. The molecule has 19 heavy (non-hydrogen) atoms. The van der Waals surface area contributed by atoms with Gasteiger partial charge in [-0.2, -0.15) is 0 Å². The summed E-state index contributed by atoms with van der Waals surface area (Å²) in [5.41, 5.74) is 0. The molecule has 5 heteroatoms. The van der Waals surface area contributed by atoms with E-state index in [9.17, 15) is 4.39 Å². The molecule has 0 radical (unpaired) electrons. The summed E-state index contributed by atoms with van der Waals surface area (Å²) >= 11 is 0.